The first kappa shape index (κ1) is 17.0. The quantitative estimate of drug-likeness (QED) is 0.830. The van der Waals surface area contributed by atoms with Crippen LogP contribution in [-0.4, -0.2) is 46.2 Å². The summed E-state index contributed by atoms with van der Waals surface area (Å²) in [5.41, 5.74) is 0. The van der Waals surface area contributed by atoms with Crippen molar-refractivity contribution in [2.75, 3.05) is 19.6 Å². The highest BCUT2D eigenvalue weighted by Gasteiger charge is 2.37. The molecule has 1 saturated carbocycles. The summed E-state index contributed by atoms with van der Waals surface area (Å²) in [5, 5.41) is 3.07. The second kappa shape index (κ2) is 7.44. The van der Waals surface area contributed by atoms with Crippen LogP contribution in [0.2, 0.25) is 0 Å². The molecule has 25 heavy (non-hydrogen) atoms. The van der Waals surface area contributed by atoms with Crippen LogP contribution in [0.4, 0.5) is 0 Å². The molecule has 1 atom stereocenters. The summed E-state index contributed by atoms with van der Waals surface area (Å²) in [6.07, 6.45) is 10.1. The largest absolute Gasteiger partial charge is 0.342 e. The Balaban J connectivity index is 1.36. The lowest BCUT2D eigenvalue weighted by Crippen LogP contribution is -2.48. The van der Waals surface area contributed by atoms with Gasteiger partial charge in [0.05, 0.1) is 6.04 Å². The van der Waals surface area contributed by atoms with Crippen LogP contribution in [0.5, 0.6) is 0 Å². The first-order valence-electron chi connectivity index (χ1n) is 9.72. The Hall–Kier alpha value is -1.43. The van der Waals surface area contributed by atoms with Gasteiger partial charge in [0.25, 0.3) is 0 Å². The number of thiazole rings is 1. The maximum Gasteiger partial charge on any atom is 0.226 e. The van der Waals surface area contributed by atoms with Crippen LogP contribution in [0.1, 0.15) is 62.4 Å². The van der Waals surface area contributed by atoms with Gasteiger partial charge < -0.3 is 9.80 Å². The molecule has 2 aliphatic heterocycles. The molecule has 0 aromatic carbocycles. The van der Waals surface area contributed by atoms with Gasteiger partial charge in [-0.05, 0) is 44.9 Å². The number of aromatic nitrogens is 1. The van der Waals surface area contributed by atoms with E-state index < -0.39 is 0 Å². The van der Waals surface area contributed by atoms with E-state index in [4.69, 9.17) is 0 Å². The highest BCUT2D eigenvalue weighted by atomic mass is 32.1. The molecule has 0 N–H and O–H groups in total. The van der Waals surface area contributed by atoms with Crippen molar-refractivity contribution in [2.24, 2.45) is 11.8 Å². The van der Waals surface area contributed by atoms with Crippen molar-refractivity contribution < 1.29 is 9.59 Å². The van der Waals surface area contributed by atoms with E-state index in [2.05, 4.69) is 9.88 Å². The third-order valence-corrected chi connectivity index (χ3v) is 7.01. The average Bonchev–Trinajstić information content (AvgIpc) is 3.14. The topological polar surface area (TPSA) is 53.5 Å². The van der Waals surface area contributed by atoms with Gasteiger partial charge in [-0.25, -0.2) is 4.98 Å². The summed E-state index contributed by atoms with van der Waals surface area (Å²) in [6, 6.07) is 0.163. The zero-order chi connectivity index (χ0) is 17.2. The Labute approximate surface area is 153 Å². The first-order chi connectivity index (χ1) is 12.2. The van der Waals surface area contributed by atoms with Gasteiger partial charge in [-0.1, -0.05) is 6.42 Å². The number of likely N-dealkylation sites (tertiary alicyclic amines) is 2. The van der Waals surface area contributed by atoms with Gasteiger partial charge in [0, 0.05) is 43.0 Å². The Morgan fingerprint density at radius 3 is 2.32 bits per heavy atom. The minimum atomic E-state index is 0.0750. The molecule has 1 aliphatic carbocycles. The van der Waals surface area contributed by atoms with Crippen molar-refractivity contribution in [1.82, 2.24) is 14.8 Å². The molecule has 5 nitrogen and oxygen atoms in total. The SMILES string of the molecule is O=C(C1CCC1)N1CCC(C(=O)N2CCCCC2c2nccs2)CC1. The van der Waals surface area contributed by atoms with E-state index in [0.29, 0.717) is 5.91 Å². The summed E-state index contributed by atoms with van der Waals surface area (Å²) >= 11 is 1.66. The van der Waals surface area contributed by atoms with Gasteiger partial charge in [0.2, 0.25) is 11.8 Å². The summed E-state index contributed by atoms with van der Waals surface area (Å²) in [6.45, 7) is 2.35. The Morgan fingerprint density at radius 2 is 1.68 bits per heavy atom. The molecular weight excluding hydrogens is 334 g/mol. The van der Waals surface area contributed by atoms with E-state index in [1.807, 2.05) is 16.5 Å². The van der Waals surface area contributed by atoms with Gasteiger partial charge in [0.1, 0.15) is 5.01 Å². The van der Waals surface area contributed by atoms with E-state index in [1.165, 1.54) is 12.8 Å². The normalized spacial score (nSPS) is 25.7. The van der Waals surface area contributed by atoms with Crippen molar-refractivity contribution in [3.8, 4) is 0 Å². The van der Waals surface area contributed by atoms with Crippen LogP contribution >= 0.6 is 11.3 Å². The lowest BCUT2D eigenvalue weighted by molar-refractivity contribution is -0.146. The summed E-state index contributed by atoms with van der Waals surface area (Å²) in [5.74, 6) is 0.959. The standard InChI is InChI=1S/C19H27N3O2S/c23-18(14-4-3-5-14)21-11-7-15(8-12-21)19(24)22-10-2-1-6-16(22)17-20-9-13-25-17/h9,13-16H,1-8,10-12H2. The van der Waals surface area contributed by atoms with E-state index in [9.17, 15) is 9.59 Å². The minimum Gasteiger partial charge on any atom is -0.342 e. The Morgan fingerprint density at radius 1 is 0.920 bits per heavy atom. The summed E-state index contributed by atoms with van der Waals surface area (Å²) in [4.78, 5) is 34.1. The van der Waals surface area contributed by atoms with Gasteiger partial charge in [-0.2, -0.15) is 0 Å². The third-order valence-electron chi connectivity index (χ3n) is 6.13. The fourth-order valence-electron chi connectivity index (χ4n) is 4.35. The maximum absolute atomic E-state index is 13.1. The Kier molecular flexibility index (Phi) is 5.06. The number of nitrogens with zero attached hydrogens (tertiary/aromatic N) is 3. The molecule has 0 bridgehead atoms. The van der Waals surface area contributed by atoms with Crippen LogP contribution in [0.25, 0.3) is 0 Å². The lowest BCUT2D eigenvalue weighted by Gasteiger charge is -2.40. The van der Waals surface area contributed by atoms with E-state index in [0.717, 1.165) is 63.2 Å². The molecule has 136 valence electrons. The number of amides is 2. The third kappa shape index (κ3) is 3.46. The average molecular weight is 362 g/mol. The van der Waals surface area contributed by atoms with Gasteiger partial charge >= 0.3 is 0 Å². The monoisotopic (exact) mass is 361 g/mol. The summed E-state index contributed by atoms with van der Waals surface area (Å²) in [7, 11) is 0. The van der Waals surface area contributed by atoms with E-state index in [1.54, 1.807) is 11.3 Å². The van der Waals surface area contributed by atoms with Crippen LogP contribution in [0.15, 0.2) is 11.6 Å². The number of hydrogen-bond donors (Lipinski definition) is 0. The fourth-order valence-corrected chi connectivity index (χ4v) is 5.13. The number of carbonyl (C=O) groups is 2. The second-order valence-corrected chi connectivity index (χ2v) is 8.57. The zero-order valence-corrected chi connectivity index (χ0v) is 15.5. The number of carbonyl (C=O) groups excluding carboxylic acids is 2. The molecule has 3 heterocycles. The maximum atomic E-state index is 13.1. The van der Waals surface area contributed by atoms with Crippen molar-refractivity contribution in [3.63, 3.8) is 0 Å². The van der Waals surface area contributed by atoms with Crippen molar-refractivity contribution in [3.05, 3.63) is 16.6 Å². The predicted octanol–water partition coefficient (Wildman–Crippen LogP) is 3.24. The highest BCUT2D eigenvalue weighted by Crippen LogP contribution is 2.35. The van der Waals surface area contributed by atoms with Crippen LogP contribution in [0, 0.1) is 11.8 Å². The van der Waals surface area contributed by atoms with E-state index in [-0.39, 0.29) is 23.8 Å². The lowest BCUT2D eigenvalue weighted by atomic mass is 9.83. The van der Waals surface area contributed by atoms with Crippen molar-refractivity contribution in [1.29, 1.82) is 0 Å². The molecule has 6 heteroatoms. The molecule has 2 amide bonds. The molecule has 2 saturated heterocycles. The first-order valence-corrected chi connectivity index (χ1v) is 10.6. The number of piperidine rings is 2. The molecule has 0 radical (unpaired) electrons. The number of rotatable bonds is 3. The van der Waals surface area contributed by atoms with Crippen LogP contribution in [-0.2, 0) is 9.59 Å². The smallest absolute Gasteiger partial charge is 0.226 e. The van der Waals surface area contributed by atoms with Crippen LogP contribution < -0.4 is 0 Å². The fraction of sp³-hybridized carbons (Fsp3) is 0.737. The van der Waals surface area contributed by atoms with Gasteiger partial charge in [0.15, 0.2) is 0 Å². The van der Waals surface area contributed by atoms with Gasteiger partial charge in [-0.3, -0.25) is 9.59 Å². The minimum absolute atomic E-state index is 0.0750. The molecule has 4 rings (SSSR count). The molecule has 0 spiro atoms. The number of hydrogen-bond acceptors (Lipinski definition) is 4. The predicted molar refractivity (Wildman–Crippen MR) is 97.1 cm³/mol. The highest BCUT2D eigenvalue weighted by molar-refractivity contribution is 7.09. The molecule has 1 aromatic rings. The molecule has 1 unspecified atom stereocenters. The second-order valence-electron chi connectivity index (χ2n) is 7.64. The zero-order valence-electron chi connectivity index (χ0n) is 14.7. The van der Waals surface area contributed by atoms with Crippen molar-refractivity contribution >= 4 is 23.2 Å². The van der Waals surface area contributed by atoms with E-state index >= 15 is 0 Å². The summed E-state index contributed by atoms with van der Waals surface area (Å²) < 4.78 is 0. The Bertz CT molecular complexity index is 606. The molecular formula is C19H27N3O2S. The molecule has 3 fully saturated rings. The van der Waals surface area contributed by atoms with Crippen molar-refractivity contribution in [2.45, 2.75) is 57.4 Å². The molecule has 3 aliphatic rings. The van der Waals surface area contributed by atoms with Gasteiger partial charge in [-0.15, -0.1) is 11.3 Å². The molecule has 1 aromatic heterocycles. The van der Waals surface area contributed by atoms with Crippen LogP contribution in [0.3, 0.4) is 0 Å².